The van der Waals surface area contributed by atoms with Gasteiger partial charge in [0.15, 0.2) is 0 Å². The zero-order valence-electron chi connectivity index (χ0n) is 12.1. The molecular formula is C18H17NO2S. The molecule has 1 aromatic carbocycles. The van der Waals surface area contributed by atoms with Gasteiger partial charge in [0.25, 0.3) is 0 Å². The largest absolute Gasteiger partial charge is 0.489 e. The quantitative estimate of drug-likeness (QED) is 0.634. The molecule has 0 aliphatic carbocycles. The molecule has 2 heterocycles. The molecule has 0 N–H and O–H groups in total. The van der Waals surface area contributed by atoms with E-state index in [1.807, 2.05) is 48.2 Å². The Labute approximate surface area is 134 Å². The van der Waals surface area contributed by atoms with Gasteiger partial charge in [-0.05, 0) is 47.5 Å². The van der Waals surface area contributed by atoms with E-state index in [0.717, 1.165) is 28.6 Å². The number of hydrogen-bond donors (Lipinski definition) is 0. The summed E-state index contributed by atoms with van der Waals surface area (Å²) < 4.78 is 11.1. The predicted molar refractivity (Wildman–Crippen MR) is 88.7 cm³/mol. The van der Waals surface area contributed by atoms with Crippen molar-refractivity contribution in [1.29, 1.82) is 0 Å². The van der Waals surface area contributed by atoms with Crippen LogP contribution in [0, 0.1) is 0 Å². The minimum atomic E-state index is 0.565. The summed E-state index contributed by atoms with van der Waals surface area (Å²) in [7, 11) is 0. The van der Waals surface area contributed by atoms with Gasteiger partial charge in [0.1, 0.15) is 18.1 Å². The van der Waals surface area contributed by atoms with Gasteiger partial charge in [-0.15, -0.1) is 11.8 Å². The summed E-state index contributed by atoms with van der Waals surface area (Å²) >= 11 is 1.84. The molecule has 0 aliphatic heterocycles. The number of rotatable bonds is 7. The SMILES string of the molecule is c1coc(CSCc2ccc(OCc3ccncc3)cc2)c1. The first-order valence-electron chi connectivity index (χ1n) is 7.11. The van der Waals surface area contributed by atoms with Crippen molar-refractivity contribution in [2.75, 3.05) is 0 Å². The fraction of sp³-hybridized carbons (Fsp3) is 0.167. The van der Waals surface area contributed by atoms with E-state index in [9.17, 15) is 0 Å². The lowest BCUT2D eigenvalue weighted by Gasteiger charge is -2.07. The Morgan fingerprint density at radius 3 is 2.45 bits per heavy atom. The van der Waals surface area contributed by atoms with E-state index in [2.05, 4.69) is 17.1 Å². The summed E-state index contributed by atoms with van der Waals surface area (Å²) in [5.74, 6) is 3.76. The van der Waals surface area contributed by atoms with Crippen LogP contribution in [0.5, 0.6) is 5.75 Å². The number of benzene rings is 1. The molecular weight excluding hydrogens is 294 g/mol. The van der Waals surface area contributed by atoms with Gasteiger partial charge in [-0.1, -0.05) is 12.1 Å². The first kappa shape index (κ1) is 14.7. The lowest BCUT2D eigenvalue weighted by atomic mass is 10.2. The minimum Gasteiger partial charge on any atom is -0.489 e. The van der Waals surface area contributed by atoms with Crippen LogP contribution in [0.25, 0.3) is 0 Å². The van der Waals surface area contributed by atoms with Gasteiger partial charge in [0.05, 0.1) is 12.0 Å². The molecule has 3 rings (SSSR count). The fourth-order valence-electron chi connectivity index (χ4n) is 1.99. The first-order chi connectivity index (χ1) is 10.9. The zero-order chi connectivity index (χ0) is 15.0. The highest BCUT2D eigenvalue weighted by Crippen LogP contribution is 2.20. The average molecular weight is 311 g/mol. The van der Waals surface area contributed by atoms with E-state index in [0.29, 0.717) is 6.61 Å². The molecule has 0 radical (unpaired) electrons. The molecule has 0 unspecified atom stereocenters. The van der Waals surface area contributed by atoms with Gasteiger partial charge < -0.3 is 9.15 Å². The predicted octanol–water partition coefficient (Wildman–Crippen LogP) is 4.69. The number of aromatic nitrogens is 1. The van der Waals surface area contributed by atoms with Crippen LogP contribution in [0.15, 0.2) is 71.6 Å². The highest BCUT2D eigenvalue weighted by molar-refractivity contribution is 7.97. The summed E-state index contributed by atoms with van der Waals surface area (Å²) in [6, 6.07) is 16.1. The summed E-state index contributed by atoms with van der Waals surface area (Å²) in [6.45, 7) is 0.565. The summed E-state index contributed by atoms with van der Waals surface area (Å²) in [5, 5.41) is 0. The number of furan rings is 1. The normalized spacial score (nSPS) is 10.5. The van der Waals surface area contributed by atoms with Crippen LogP contribution in [0.2, 0.25) is 0 Å². The number of ether oxygens (including phenoxy) is 1. The van der Waals surface area contributed by atoms with E-state index in [1.165, 1.54) is 5.56 Å². The highest BCUT2D eigenvalue weighted by atomic mass is 32.2. The lowest BCUT2D eigenvalue weighted by molar-refractivity contribution is 0.306. The standard InChI is InChI=1S/C18H17NO2S/c1-2-18(20-11-1)14-22-13-16-3-5-17(6-4-16)21-12-15-7-9-19-10-8-15/h1-11H,12-14H2. The maximum Gasteiger partial charge on any atom is 0.119 e. The Kier molecular flexibility index (Phi) is 5.16. The van der Waals surface area contributed by atoms with Crippen molar-refractivity contribution >= 4 is 11.8 Å². The molecule has 112 valence electrons. The maximum atomic E-state index is 5.76. The molecule has 0 saturated carbocycles. The number of nitrogens with zero attached hydrogens (tertiary/aromatic N) is 1. The third kappa shape index (κ3) is 4.40. The number of pyridine rings is 1. The Morgan fingerprint density at radius 1 is 0.909 bits per heavy atom. The van der Waals surface area contributed by atoms with Crippen LogP contribution >= 0.6 is 11.8 Å². The Balaban J connectivity index is 1.45. The van der Waals surface area contributed by atoms with E-state index >= 15 is 0 Å². The molecule has 0 amide bonds. The molecule has 4 heteroatoms. The van der Waals surface area contributed by atoms with Crippen molar-refractivity contribution in [2.24, 2.45) is 0 Å². The van der Waals surface area contributed by atoms with Crippen LogP contribution in [0.1, 0.15) is 16.9 Å². The third-order valence-electron chi connectivity index (χ3n) is 3.17. The van der Waals surface area contributed by atoms with Crippen molar-refractivity contribution in [3.8, 4) is 5.75 Å². The molecule has 0 fully saturated rings. The second-order valence-corrected chi connectivity index (χ2v) is 5.85. The van der Waals surface area contributed by atoms with Gasteiger partial charge in [-0.3, -0.25) is 4.98 Å². The van der Waals surface area contributed by atoms with Gasteiger partial charge in [0.2, 0.25) is 0 Å². The molecule has 2 aromatic heterocycles. The Bertz CT molecular complexity index is 666. The van der Waals surface area contributed by atoms with Crippen LogP contribution in [-0.4, -0.2) is 4.98 Å². The van der Waals surface area contributed by atoms with Gasteiger partial charge in [0, 0.05) is 18.1 Å². The molecule has 0 spiro atoms. The summed E-state index contributed by atoms with van der Waals surface area (Å²) in [5.41, 5.74) is 2.40. The van der Waals surface area contributed by atoms with E-state index in [1.54, 1.807) is 18.7 Å². The van der Waals surface area contributed by atoms with Crippen LogP contribution in [0.4, 0.5) is 0 Å². The van der Waals surface area contributed by atoms with Crippen molar-refractivity contribution < 1.29 is 9.15 Å². The molecule has 0 bridgehead atoms. The van der Waals surface area contributed by atoms with E-state index in [-0.39, 0.29) is 0 Å². The topological polar surface area (TPSA) is 35.3 Å². The van der Waals surface area contributed by atoms with Crippen molar-refractivity contribution in [2.45, 2.75) is 18.1 Å². The third-order valence-corrected chi connectivity index (χ3v) is 4.20. The van der Waals surface area contributed by atoms with Crippen molar-refractivity contribution in [1.82, 2.24) is 4.98 Å². The first-order valence-corrected chi connectivity index (χ1v) is 8.26. The molecule has 0 saturated heterocycles. The number of thioether (sulfide) groups is 1. The minimum absolute atomic E-state index is 0.565. The number of hydrogen-bond acceptors (Lipinski definition) is 4. The zero-order valence-corrected chi connectivity index (χ0v) is 13.0. The lowest BCUT2D eigenvalue weighted by Crippen LogP contribution is -1.95. The molecule has 0 atom stereocenters. The fourth-order valence-corrected chi connectivity index (χ4v) is 2.89. The van der Waals surface area contributed by atoms with Gasteiger partial charge in [-0.25, -0.2) is 0 Å². The Hall–Kier alpha value is -2.20. The van der Waals surface area contributed by atoms with E-state index < -0.39 is 0 Å². The summed E-state index contributed by atoms with van der Waals surface area (Å²) in [6.07, 6.45) is 5.26. The molecule has 0 aliphatic rings. The molecule has 3 aromatic rings. The average Bonchev–Trinajstić information content (AvgIpc) is 3.08. The monoisotopic (exact) mass is 311 g/mol. The van der Waals surface area contributed by atoms with Gasteiger partial charge in [-0.2, -0.15) is 0 Å². The summed E-state index contributed by atoms with van der Waals surface area (Å²) in [4.78, 5) is 3.99. The second-order valence-electron chi connectivity index (χ2n) is 4.86. The van der Waals surface area contributed by atoms with Crippen LogP contribution < -0.4 is 4.74 Å². The van der Waals surface area contributed by atoms with E-state index in [4.69, 9.17) is 9.15 Å². The smallest absolute Gasteiger partial charge is 0.119 e. The Morgan fingerprint density at radius 2 is 1.73 bits per heavy atom. The highest BCUT2D eigenvalue weighted by Gasteiger charge is 2.00. The second kappa shape index (κ2) is 7.71. The van der Waals surface area contributed by atoms with Crippen LogP contribution in [-0.2, 0) is 18.1 Å². The van der Waals surface area contributed by atoms with Crippen molar-refractivity contribution in [3.63, 3.8) is 0 Å². The molecule has 22 heavy (non-hydrogen) atoms. The molecule has 3 nitrogen and oxygen atoms in total. The maximum absolute atomic E-state index is 5.76. The van der Waals surface area contributed by atoms with Crippen LogP contribution in [0.3, 0.4) is 0 Å². The van der Waals surface area contributed by atoms with Gasteiger partial charge >= 0.3 is 0 Å². The van der Waals surface area contributed by atoms with Crippen molar-refractivity contribution in [3.05, 3.63) is 84.1 Å².